The topological polar surface area (TPSA) is 70.4 Å². The molecular formula is C24H20BrFN3O3+. The number of halogens is 2. The van der Waals surface area contributed by atoms with Gasteiger partial charge >= 0.3 is 5.91 Å². The molecule has 4 rings (SSSR count). The summed E-state index contributed by atoms with van der Waals surface area (Å²) in [5.74, 6) is -0.572. The van der Waals surface area contributed by atoms with E-state index in [0.717, 1.165) is 15.6 Å². The molecule has 1 aliphatic heterocycles. The molecule has 32 heavy (non-hydrogen) atoms. The van der Waals surface area contributed by atoms with Gasteiger partial charge in [0, 0.05) is 21.2 Å². The van der Waals surface area contributed by atoms with Gasteiger partial charge in [0.15, 0.2) is 6.04 Å². The number of carbonyl (C=O) groups excluding carboxylic acids is 2. The van der Waals surface area contributed by atoms with Crippen molar-refractivity contribution in [1.82, 2.24) is 10.7 Å². The number of amides is 2. The molecule has 2 atom stereocenters. The second-order valence-corrected chi connectivity index (χ2v) is 8.16. The van der Waals surface area contributed by atoms with Gasteiger partial charge in [0.1, 0.15) is 11.6 Å². The summed E-state index contributed by atoms with van der Waals surface area (Å²) in [7, 11) is 1.58. The van der Waals surface area contributed by atoms with E-state index in [1.807, 2.05) is 42.6 Å². The molecule has 3 aromatic carbocycles. The van der Waals surface area contributed by atoms with Gasteiger partial charge in [0.05, 0.1) is 7.11 Å². The van der Waals surface area contributed by atoms with Crippen molar-refractivity contribution in [2.75, 3.05) is 7.11 Å². The van der Waals surface area contributed by atoms with Crippen LogP contribution >= 0.6 is 15.9 Å². The zero-order valence-electron chi connectivity index (χ0n) is 17.1. The number of benzene rings is 3. The summed E-state index contributed by atoms with van der Waals surface area (Å²) < 4.78 is 21.1. The number of rotatable bonds is 5. The van der Waals surface area contributed by atoms with Crippen LogP contribution in [-0.2, 0) is 4.79 Å². The van der Waals surface area contributed by atoms with Crippen molar-refractivity contribution < 1.29 is 23.4 Å². The number of hydrogen-bond donors (Lipinski definition) is 2. The molecular weight excluding hydrogens is 477 g/mol. The number of hydrazine groups is 1. The number of hydrazone groups is 1. The second kappa shape index (κ2) is 9.32. The number of methoxy groups -OCH3 is 1. The fraction of sp³-hybridized carbons (Fsp3) is 0.125. The Labute approximate surface area is 192 Å². The van der Waals surface area contributed by atoms with Crippen LogP contribution < -0.4 is 15.5 Å². The molecule has 0 spiro atoms. The van der Waals surface area contributed by atoms with Crippen LogP contribution in [0.4, 0.5) is 4.39 Å². The van der Waals surface area contributed by atoms with Crippen LogP contribution in [-0.4, -0.2) is 35.9 Å². The zero-order chi connectivity index (χ0) is 22.7. The molecule has 8 heteroatoms. The van der Waals surface area contributed by atoms with E-state index >= 15 is 0 Å². The fourth-order valence-corrected chi connectivity index (χ4v) is 3.78. The van der Waals surface area contributed by atoms with Gasteiger partial charge in [-0.3, -0.25) is 9.59 Å². The van der Waals surface area contributed by atoms with Crippen LogP contribution in [0.1, 0.15) is 27.5 Å². The van der Waals surface area contributed by atoms with Gasteiger partial charge < -0.3 is 10.1 Å². The van der Waals surface area contributed by atoms with E-state index < -0.39 is 23.8 Å². The lowest BCUT2D eigenvalue weighted by atomic mass is 9.99. The molecule has 2 N–H and O–H groups in total. The quantitative estimate of drug-likeness (QED) is 0.530. The molecule has 2 amide bonds. The number of hydrogen-bond acceptors (Lipinski definition) is 3. The van der Waals surface area contributed by atoms with E-state index in [2.05, 4.69) is 26.7 Å². The SMILES string of the molecule is COc1ccc([C@@H]2[C@H](NC(=O)c3ccc(F)cc3)C(=O)N/[N+]2=C\c2ccc(Br)cc2)cc1. The van der Waals surface area contributed by atoms with E-state index in [0.29, 0.717) is 5.75 Å². The first-order valence-corrected chi connectivity index (χ1v) is 10.6. The van der Waals surface area contributed by atoms with Gasteiger partial charge in [-0.15, -0.1) is 10.1 Å². The summed E-state index contributed by atoms with van der Waals surface area (Å²) in [4.78, 5) is 25.6. The third-order valence-electron chi connectivity index (χ3n) is 5.15. The highest BCUT2D eigenvalue weighted by atomic mass is 79.9. The highest BCUT2D eigenvalue weighted by Crippen LogP contribution is 2.27. The van der Waals surface area contributed by atoms with Crippen LogP contribution in [0.2, 0.25) is 0 Å². The fourth-order valence-electron chi connectivity index (χ4n) is 3.52. The Bertz CT molecular complexity index is 1160. The summed E-state index contributed by atoms with van der Waals surface area (Å²) in [5, 5.41) is 2.79. The van der Waals surface area contributed by atoms with Crippen LogP contribution in [0.15, 0.2) is 77.3 Å². The third-order valence-corrected chi connectivity index (χ3v) is 5.67. The first kappa shape index (κ1) is 21.7. The lowest BCUT2D eigenvalue weighted by Gasteiger charge is -2.15. The van der Waals surface area contributed by atoms with Gasteiger partial charge in [-0.25, -0.2) is 4.39 Å². The van der Waals surface area contributed by atoms with Gasteiger partial charge in [-0.1, -0.05) is 15.9 Å². The number of nitrogens with one attached hydrogen (secondary N) is 2. The first-order chi connectivity index (χ1) is 15.4. The Balaban J connectivity index is 1.69. The van der Waals surface area contributed by atoms with Crippen LogP contribution in [0, 0.1) is 5.82 Å². The molecule has 0 bridgehead atoms. The number of ether oxygens (including phenoxy) is 1. The van der Waals surface area contributed by atoms with Gasteiger partial charge in [0.25, 0.3) is 5.91 Å². The van der Waals surface area contributed by atoms with Crippen LogP contribution in [0.3, 0.4) is 0 Å². The standard InChI is InChI=1S/C24H19BrFN3O3/c1-32-20-12-6-16(7-13-20)22-21(27-23(30)17-4-10-19(26)11-5-17)24(31)28-29(22)14-15-2-8-18(25)9-3-15/h2-14,21-22H,1H3,(H-,27,28,30,31)/p+1/b29-14-/t21-,22+/m0/s1. The monoisotopic (exact) mass is 496 g/mol. The Kier molecular flexibility index (Phi) is 6.32. The molecule has 3 aromatic rings. The summed E-state index contributed by atoms with van der Waals surface area (Å²) >= 11 is 3.41. The minimum Gasteiger partial charge on any atom is -0.497 e. The largest absolute Gasteiger partial charge is 0.497 e. The molecule has 0 saturated carbocycles. The molecule has 1 aliphatic rings. The maximum atomic E-state index is 13.2. The molecule has 6 nitrogen and oxygen atoms in total. The average molecular weight is 497 g/mol. The first-order valence-electron chi connectivity index (χ1n) is 9.84. The van der Waals surface area contributed by atoms with Crippen molar-refractivity contribution in [3.8, 4) is 5.75 Å². The van der Waals surface area contributed by atoms with Crippen LogP contribution in [0.5, 0.6) is 5.75 Å². The van der Waals surface area contributed by atoms with Crippen molar-refractivity contribution >= 4 is 34.0 Å². The van der Waals surface area contributed by atoms with Gasteiger partial charge in [-0.05, 0) is 72.8 Å². The van der Waals surface area contributed by atoms with Crippen molar-refractivity contribution in [3.63, 3.8) is 0 Å². The normalized spacial score (nSPS) is 19.0. The maximum absolute atomic E-state index is 13.2. The number of nitrogens with zero attached hydrogens (tertiary/aromatic N) is 1. The van der Waals surface area contributed by atoms with E-state index in [1.54, 1.807) is 23.9 Å². The molecule has 0 unspecified atom stereocenters. The zero-order valence-corrected chi connectivity index (χ0v) is 18.7. The Morgan fingerprint density at radius 2 is 1.72 bits per heavy atom. The highest BCUT2D eigenvalue weighted by molar-refractivity contribution is 9.10. The smallest absolute Gasteiger partial charge is 0.304 e. The molecule has 162 valence electrons. The van der Waals surface area contributed by atoms with Gasteiger partial charge in [-0.2, -0.15) is 0 Å². The molecule has 0 radical (unpaired) electrons. The van der Waals surface area contributed by atoms with E-state index in [9.17, 15) is 14.0 Å². The summed E-state index contributed by atoms with van der Waals surface area (Å²) in [6, 6.07) is 18.7. The second-order valence-electron chi connectivity index (χ2n) is 7.24. The van der Waals surface area contributed by atoms with Crippen molar-refractivity contribution in [1.29, 1.82) is 0 Å². The van der Waals surface area contributed by atoms with Crippen molar-refractivity contribution in [3.05, 3.63) is 99.8 Å². The van der Waals surface area contributed by atoms with E-state index in [1.165, 1.54) is 24.3 Å². The highest BCUT2D eigenvalue weighted by Gasteiger charge is 2.47. The summed E-state index contributed by atoms with van der Waals surface area (Å²) in [6.45, 7) is 0. The predicted molar refractivity (Wildman–Crippen MR) is 121 cm³/mol. The molecule has 1 heterocycles. The minimum atomic E-state index is -0.868. The Morgan fingerprint density at radius 1 is 1.06 bits per heavy atom. The van der Waals surface area contributed by atoms with Crippen LogP contribution in [0.25, 0.3) is 0 Å². The average Bonchev–Trinajstić information content (AvgIpc) is 3.10. The third kappa shape index (κ3) is 4.70. The maximum Gasteiger partial charge on any atom is 0.304 e. The predicted octanol–water partition coefficient (Wildman–Crippen LogP) is 3.61. The minimum absolute atomic E-state index is 0.267. The van der Waals surface area contributed by atoms with E-state index in [-0.39, 0.29) is 11.5 Å². The van der Waals surface area contributed by atoms with Crippen molar-refractivity contribution in [2.24, 2.45) is 0 Å². The molecule has 1 saturated heterocycles. The molecule has 1 fully saturated rings. The lowest BCUT2D eigenvalue weighted by Crippen LogP contribution is -2.42. The van der Waals surface area contributed by atoms with Crippen molar-refractivity contribution in [2.45, 2.75) is 12.1 Å². The summed E-state index contributed by atoms with van der Waals surface area (Å²) in [6.07, 6.45) is 1.81. The lowest BCUT2D eigenvalue weighted by molar-refractivity contribution is -0.596. The van der Waals surface area contributed by atoms with E-state index in [4.69, 9.17) is 4.74 Å². The van der Waals surface area contributed by atoms with Gasteiger partial charge in [0.2, 0.25) is 12.3 Å². The molecule has 0 aromatic heterocycles. The summed E-state index contributed by atoms with van der Waals surface area (Å²) in [5.41, 5.74) is 4.78. The Morgan fingerprint density at radius 3 is 2.34 bits per heavy atom. The number of carbonyl (C=O) groups is 2. The Hall–Kier alpha value is -3.52. The molecule has 0 aliphatic carbocycles.